The van der Waals surface area contributed by atoms with Crippen molar-refractivity contribution < 1.29 is 0 Å². The van der Waals surface area contributed by atoms with Gasteiger partial charge in [-0.25, -0.2) is 0 Å². The Balaban J connectivity index is 1.18. The Kier molecular flexibility index (Phi) is 8.19. The maximum atomic E-state index is 2.48. The lowest BCUT2D eigenvalue weighted by Gasteiger charge is -2.29. The number of anilines is 3. The molecule has 0 aliphatic heterocycles. The van der Waals surface area contributed by atoms with Crippen molar-refractivity contribution in [1.29, 1.82) is 0 Å². The molecule has 0 aliphatic carbocycles. The van der Waals surface area contributed by atoms with E-state index in [2.05, 4.69) is 240 Å². The fourth-order valence-corrected chi connectivity index (χ4v) is 8.85. The highest BCUT2D eigenvalue weighted by Gasteiger charge is 2.22. The lowest BCUT2D eigenvalue weighted by Crippen LogP contribution is -2.11. The number of hydrogen-bond donors (Lipinski definition) is 0. The zero-order chi connectivity index (χ0) is 38.4. The van der Waals surface area contributed by atoms with Crippen LogP contribution < -0.4 is 4.90 Å². The summed E-state index contributed by atoms with van der Waals surface area (Å²) >= 11 is 0. The molecular weight excluding hydrogens is 701 g/mol. The normalized spacial score (nSPS) is 11.4. The molecule has 0 unspecified atom stereocenters. The highest BCUT2D eigenvalue weighted by molar-refractivity contribution is 6.12. The monoisotopic (exact) mass is 738 g/mol. The second kappa shape index (κ2) is 14.1. The molecule has 1 aromatic heterocycles. The van der Waals surface area contributed by atoms with Crippen molar-refractivity contribution in [3.05, 3.63) is 231 Å². The number of para-hydroxylation sites is 2. The SMILES string of the molecule is c1ccc(-c2cc(-c3cccc4ccccc34)ccc2N(c2ccccc2)c2ccc3c4ccccc4n(-c4cc5ccccc5cc4-c4ccccc4)c3c2)cc1. The first-order chi connectivity index (χ1) is 28.8. The zero-order valence-corrected chi connectivity index (χ0v) is 31.8. The van der Waals surface area contributed by atoms with E-state index in [1.54, 1.807) is 0 Å². The van der Waals surface area contributed by atoms with Gasteiger partial charge in [-0.2, -0.15) is 0 Å². The highest BCUT2D eigenvalue weighted by Crippen LogP contribution is 2.46. The maximum Gasteiger partial charge on any atom is 0.0562 e. The average Bonchev–Trinajstić information content (AvgIpc) is 3.63. The summed E-state index contributed by atoms with van der Waals surface area (Å²) in [6.07, 6.45) is 0. The molecule has 2 nitrogen and oxygen atoms in total. The molecule has 0 aliphatic rings. The van der Waals surface area contributed by atoms with Crippen molar-refractivity contribution in [2.45, 2.75) is 0 Å². The van der Waals surface area contributed by atoms with Gasteiger partial charge in [-0.05, 0) is 98.4 Å². The van der Waals surface area contributed by atoms with E-state index >= 15 is 0 Å². The van der Waals surface area contributed by atoms with Gasteiger partial charge in [0.1, 0.15) is 0 Å². The summed E-state index contributed by atoms with van der Waals surface area (Å²) in [5.41, 5.74) is 13.9. The minimum Gasteiger partial charge on any atom is -0.310 e. The number of rotatable bonds is 7. The van der Waals surface area contributed by atoms with Crippen LogP contribution in [0, 0.1) is 0 Å². The Hall–Kier alpha value is -7.68. The van der Waals surface area contributed by atoms with Gasteiger partial charge in [0.25, 0.3) is 0 Å². The van der Waals surface area contributed by atoms with E-state index in [4.69, 9.17) is 0 Å². The van der Waals surface area contributed by atoms with Gasteiger partial charge in [0.15, 0.2) is 0 Å². The molecule has 1 heterocycles. The maximum absolute atomic E-state index is 2.48. The number of benzene rings is 10. The first-order valence-corrected chi connectivity index (χ1v) is 19.9. The van der Waals surface area contributed by atoms with Gasteiger partial charge in [-0.1, -0.05) is 176 Å². The van der Waals surface area contributed by atoms with E-state index in [0.29, 0.717) is 0 Å². The second-order valence-corrected chi connectivity index (χ2v) is 14.9. The van der Waals surface area contributed by atoms with Crippen LogP contribution in [0.5, 0.6) is 0 Å². The van der Waals surface area contributed by atoms with Crippen LogP contribution in [0.4, 0.5) is 17.1 Å². The predicted octanol–water partition coefficient (Wildman–Crippen LogP) is 15.6. The first-order valence-electron chi connectivity index (χ1n) is 19.9. The minimum absolute atomic E-state index is 1.08. The van der Waals surface area contributed by atoms with Crippen LogP contribution in [0.3, 0.4) is 0 Å². The molecule has 0 radical (unpaired) electrons. The van der Waals surface area contributed by atoms with Gasteiger partial charge in [0, 0.05) is 33.3 Å². The molecule has 0 spiro atoms. The largest absolute Gasteiger partial charge is 0.310 e. The Bertz CT molecular complexity index is 3270. The average molecular weight is 739 g/mol. The fraction of sp³-hybridized carbons (Fsp3) is 0. The molecule has 0 saturated heterocycles. The van der Waals surface area contributed by atoms with Crippen molar-refractivity contribution in [3.63, 3.8) is 0 Å². The summed E-state index contributed by atoms with van der Waals surface area (Å²) < 4.78 is 2.48. The van der Waals surface area contributed by atoms with Gasteiger partial charge < -0.3 is 9.47 Å². The fourth-order valence-electron chi connectivity index (χ4n) is 8.85. The minimum atomic E-state index is 1.08. The van der Waals surface area contributed by atoms with E-state index in [9.17, 15) is 0 Å². The molecule has 272 valence electrons. The molecule has 10 aromatic carbocycles. The summed E-state index contributed by atoms with van der Waals surface area (Å²) in [4.78, 5) is 2.43. The Morgan fingerprint density at radius 2 is 0.879 bits per heavy atom. The molecule has 0 atom stereocenters. The van der Waals surface area contributed by atoms with E-state index in [1.807, 2.05) is 0 Å². The lowest BCUT2D eigenvalue weighted by molar-refractivity contribution is 1.18. The summed E-state index contributed by atoms with van der Waals surface area (Å²) in [7, 11) is 0. The van der Waals surface area contributed by atoms with Gasteiger partial charge in [-0.3, -0.25) is 0 Å². The summed E-state index contributed by atoms with van der Waals surface area (Å²) in [5, 5.41) is 7.37. The number of fused-ring (bicyclic) bond motifs is 5. The molecular formula is C56H38N2. The van der Waals surface area contributed by atoms with Crippen molar-refractivity contribution in [2.75, 3.05) is 4.90 Å². The number of nitrogens with zero attached hydrogens (tertiary/aromatic N) is 2. The van der Waals surface area contributed by atoms with Crippen molar-refractivity contribution in [2.24, 2.45) is 0 Å². The Morgan fingerprint density at radius 3 is 1.64 bits per heavy atom. The molecule has 11 rings (SSSR count). The van der Waals surface area contributed by atoms with Crippen LogP contribution in [0.2, 0.25) is 0 Å². The van der Waals surface area contributed by atoms with Crippen LogP contribution in [-0.4, -0.2) is 4.57 Å². The number of hydrogen-bond acceptors (Lipinski definition) is 1. The summed E-state index contributed by atoms with van der Waals surface area (Å²) in [6.45, 7) is 0. The predicted molar refractivity (Wildman–Crippen MR) is 247 cm³/mol. The van der Waals surface area contributed by atoms with Crippen LogP contribution in [0.1, 0.15) is 0 Å². The van der Waals surface area contributed by atoms with Gasteiger partial charge in [0.05, 0.1) is 22.4 Å². The van der Waals surface area contributed by atoms with Crippen LogP contribution in [0.15, 0.2) is 231 Å². The lowest BCUT2D eigenvalue weighted by atomic mass is 9.93. The quantitative estimate of drug-likeness (QED) is 0.158. The molecule has 11 aromatic rings. The van der Waals surface area contributed by atoms with Crippen molar-refractivity contribution in [1.82, 2.24) is 4.57 Å². The molecule has 0 N–H and O–H groups in total. The van der Waals surface area contributed by atoms with E-state index < -0.39 is 0 Å². The molecule has 0 bridgehead atoms. The second-order valence-electron chi connectivity index (χ2n) is 14.9. The molecule has 0 amide bonds. The first kappa shape index (κ1) is 33.6. The van der Waals surface area contributed by atoms with Gasteiger partial charge in [0.2, 0.25) is 0 Å². The van der Waals surface area contributed by atoms with Crippen LogP contribution >= 0.6 is 0 Å². The van der Waals surface area contributed by atoms with E-state index in [-0.39, 0.29) is 0 Å². The highest BCUT2D eigenvalue weighted by atomic mass is 15.1. The Labute approximate surface area is 338 Å². The van der Waals surface area contributed by atoms with Gasteiger partial charge >= 0.3 is 0 Å². The third-order valence-electron chi connectivity index (χ3n) is 11.5. The van der Waals surface area contributed by atoms with Crippen LogP contribution in [-0.2, 0) is 0 Å². The van der Waals surface area contributed by atoms with Gasteiger partial charge in [-0.15, -0.1) is 0 Å². The molecule has 0 fully saturated rings. The van der Waals surface area contributed by atoms with E-state index in [0.717, 1.165) is 33.8 Å². The zero-order valence-electron chi connectivity index (χ0n) is 31.8. The molecule has 58 heavy (non-hydrogen) atoms. The topological polar surface area (TPSA) is 8.17 Å². The molecule has 0 saturated carbocycles. The molecule has 2 heteroatoms. The summed E-state index contributed by atoms with van der Waals surface area (Å²) in [5.74, 6) is 0. The van der Waals surface area contributed by atoms with Crippen LogP contribution in [0.25, 0.3) is 82.4 Å². The third kappa shape index (κ3) is 5.74. The summed E-state index contributed by atoms with van der Waals surface area (Å²) in [6, 6.07) is 83.8. The Morgan fingerprint density at radius 1 is 0.293 bits per heavy atom. The van der Waals surface area contributed by atoms with Crippen molar-refractivity contribution in [3.8, 4) is 39.1 Å². The van der Waals surface area contributed by atoms with Crippen molar-refractivity contribution >= 4 is 60.4 Å². The standard InChI is InChI=1S/C56H38N2/c1-4-17-40(18-5-1)51-36-44(48-29-16-24-39-21-12-13-27-47(39)48)31-34-54(51)57(45-25-8-3-9-26-45)46-32-33-50-49-28-14-15-30-53(49)58(56(50)38-46)55-37-43-23-11-10-22-42(43)35-52(55)41-19-6-2-7-20-41/h1-38H. The number of aromatic nitrogens is 1. The third-order valence-corrected chi connectivity index (χ3v) is 11.5. The van der Waals surface area contributed by atoms with E-state index in [1.165, 1.54) is 65.7 Å². The smallest absolute Gasteiger partial charge is 0.0562 e.